The second-order valence-corrected chi connectivity index (χ2v) is 13.2. The fraction of sp³-hybridized carbons (Fsp3) is 0.500. The maximum Gasteiger partial charge on any atom is 0.324 e. The number of nitrogens with zero attached hydrogens (tertiary/aromatic N) is 2. The first kappa shape index (κ1) is 23.4. The fourth-order valence-corrected chi connectivity index (χ4v) is 10.7. The molecule has 0 radical (unpaired) electrons. The predicted octanol–water partition coefficient (Wildman–Crippen LogP) is 2.17. The number of ketones is 1. The molecule has 0 unspecified atom stereocenters. The third kappa shape index (κ3) is 2.40. The van der Waals surface area contributed by atoms with Crippen molar-refractivity contribution < 1.29 is 27.9 Å². The molecule has 2 aromatic carbocycles. The zero-order chi connectivity index (χ0) is 26.0. The Hall–Kier alpha value is -2.75. The molecule has 2 saturated carbocycles. The smallest absolute Gasteiger partial charge is 0.324 e. The van der Waals surface area contributed by atoms with Gasteiger partial charge in [0.05, 0.1) is 29.8 Å². The summed E-state index contributed by atoms with van der Waals surface area (Å²) in [6.45, 7) is 3.39. The molecule has 2 spiro atoms. The number of hydrogen-bond donors (Lipinski definition) is 1. The van der Waals surface area contributed by atoms with Crippen molar-refractivity contribution in [3.8, 4) is 0 Å². The van der Waals surface area contributed by atoms with E-state index >= 15 is 0 Å². The van der Waals surface area contributed by atoms with Gasteiger partial charge in [-0.15, -0.1) is 0 Å². The molecule has 2 saturated heterocycles. The minimum absolute atomic E-state index is 0.0836. The van der Waals surface area contributed by atoms with E-state index in [1.165, 1.54) is 11.4 Å². The molecule has 2 aromatic rings. The number of para-hydroxylation sites is 1. The van der Waals surface area contributed by atoms with Crippen molar-refractivity contribution in [2.45, 2.75) is 61.1 Å². The molecule has 194 valence electrons. The van der Waals surface area contributed by atoms with E-state index in [1.54, 1.807) is 36.4 Å². The lowest BCUT2D eigenvalue weighted by atomic mass is 9.49. The van der Waals surface area contributed by atoms with Crippen LogP contribution in [0.1, 0.15) is 36.8 Å². The Bertz CT molecular complexity index is 1460. The van der Waals surface area contributed by atoms with Crippen LogP contribution in [0.2, 0.25) is 0 Å². The molecule has 8 nitrogen and oxygen atoms in total. The van der Waals surface area contributed by atoms with Crippen LogP contribution in [0.5, 0.6) is 0 Å². The number of benzene rings is 2. The van der Waals surface area contributed by atoms with Gasteiger partial charge in [-0.05, 0) is 69.5 Å². The molecule has 37 heavy (non-hydrogen) atoms. The Morgan fingerprint density at radius 2 is 1.78 bits per heavy atom. The molecular weight excluding hydrogens is 492 g/mol. The molecule has 5 aliphatic rings. The first-order chi connectivity index (χ1) is 17.7. The van der Waals surface area contributed by atoms with E-state index in [0.717, 1.165) is 24.1 Å². The topological polar surface area (TPSA) is 104 Å². The summed E-state index contributed by atoms with van der Waals surface area (Å²) in [7, 11) is -3.00. The lowest BCUT2D eigenvalue weighted by Gasteiger charge is -2.58. The number of methoxy groups -OCH3 is 1. The van der Waals surface area contributed by atoms with Crippen LogP contribution in [0.25, 0.3) is 0 Å². The standard InChI is InChI=1S/C28H30N2O6S/c1-17-8-10-18(11-9-17)37(34,35)30-20-7-4-3-6-19(20)27-13-15-29-14-5-12-26(22(27)29)16-21(31)28(23(27)30,24(26)32)25(33)36-2/h3-4,6-11,21-23,31H,5,12-16H2,1-2H3/t21-,22+,23-,26+,27-,28+/m1/s1. The summed E-state index contributed by atoms with van der Waals surface area (Å²) in [4.78, 5) is 30.8. The molecule has 3 aliphatic heterocycles. The summed E-state index contributed by atoms with van der Waals surface area (Å²) in [6, 6.07) is 12.6. The lowest BCUT2D eigenvalue weighted by Crippen LogP contribution is -2.75. The largest absolute Gasteiger partial charge is 0.468 e. The molecule has 6 atom stereocenters. The van der Waals surface area contributed by atoms with E-state index in [1.807, 2.05) is 19.1 Å². The van der Waals surface area contributed by atoms with E-state index in [9.17, 15) is 23.1 Å². The number of ether oxygens (including phenoxy) is 1. The number of fused-ring (bicyclic) bond motifs is 3. The first-order valence-corrected chi connectivity index (χ1v) is 14.4. The van der Waals surface area contributed by atoms with Gasteiger partial charge in [0.1, 0.15) is 0 Å². The monoisotopic (exact) mass is 522 g/mol. The highest BCUT2D eigenvalue weighted by Crippen LogP contribution is 2.73. The van der Waals surface area contributed by atoms with Gasteiger partial charge in [0.15, 0.2) is 11.2 Å². The van der Waals surface area contributed by atoms with Crippen LogP contribution in [0.3, 0.4) is 0 Å². The van der Waals surface area contributed by atoms with E-state index in [4.69, 9.17) is 4.74 Å². The molecule has 3 heterocycles. The van der Waals surface area contributed by atoms with Crippen LogP contribution in [-0.2, 0) is 29.8 Å². The second-order valence-electron chi connectivity index (χ2n) is 11.4. The van der Waals surface area contributed by atoms with Crippen LogP contribution in [0, 0.1) is 17.8 Å². The Morgan fingerprint density at radius 3 is 2.51 bits per heavy atom. The summed E-state index contributed by atoms with van der Waals surface area (Å²) in [6.07, 6.45) is 0.759. The molecule has 2 bridgehead atoms. The van der Waals surface area contributed by atoms with Gasteiger partial charge in [-0.2, -0.15) is 0 Å². The molecule has 7 rings (SSSR count). The normalized spacial score (nSPS) is 37.8. The summed E-state index contributed by atoms with van der Waals surface area (Å²) >= 11 is 0. The van der Waals surface area contributed by atoms with Crippen molar-refractivity contribution in [1.29, 1.82) is 0 Å². The third-order valence-corrected chi connectivity index (χ3v) is 11.9. The Morgan fingerprint density at radius 1 is 1.05 bits per heavy atom. The van der Waals surface area contributed by atoms with Gasteiger partial charge in [0.25, 0.3) is 10.0 Å². The number of carbonyl (C=O) groups is 2. The van der Waals surface area contributed by atoms with Gasteiger partial charge in [-0.25, -0.2) is 8.42 Å². The van der Waals surface area contributed by atoms with Crippen molar-refractivity contribution in [3.63, 3.8) is 0 Å². The maximum absolute atomic E-state index is 14.6. The minimum Gasteiger partial charge on any atom is -0.468 e. The number of Topliss-reactive ketones (excluding diaryl/α,β-unsaturated/α-hetero) is 1. The van der Waals surface area contributed by atoms with E-state index in [0.29, 0.717) is 25.1 Å². The molecule has 1 N–H and O–H groups in total. The minimum atomic E-state index is -4.22. The van der Waals surface area contributed by atoms with Gasteiger partial charge < -0.3 is 9.84 Å². The predicted molar refractivity (Wildman–Crippen MR) is 134 cm³/mol. The van der Waals surface area contributed by atoms with Crippen molar-refractivity contribution in [2.75, 3.05) is 24.5 Å². The highest BCUT2D eigenvalue weighted by molar-refractivity contribution is 7.93. The van der Waals surface area contributed by atoms with E-state index < -0.39 is 44.4 Å². The number of aliphatic hydroxyl groups excluding tert-OH is 1. The van der Waals surface area contributed by atoms with Crippen molar-refractivity contribution in [1.82, 2.24) is 4.90 Å². The average molecular weight is 523 g/mol. The Balaban J connectivity index is 1.59. The zero-order valence-corrected chi connectivity index (χ0v) is 21.7. The second kappa shape index (κ2) is 7.21. The summed E-state index contributed by atoms with van der Waals surface area (Å²) in [5, 5.41) is 11.7. The van der Waals surface area contributed by atoms with Crippen LogP contribution in [-0.4, -0.2) is 68.6 Å². The number of hydrogen-bond acceptors (Lipinski definition) is 7. The van der Waals surface area contributed by atoms with E-state index in [-0.39, 0.29) is 23.1 Å². The molecule has 4 fully saturated rings. The number of esters is 1. The number of rotatable bonds is 3. The highest BCUT2D eigenvalue weighted by Gasteiger charge is 2.86. The van der Waals surface area contributed by atoms with Gasteiger partial charge in [-0.3, -0.25) is 18.8 Å². The van der Waals surface area contributed by atoms with Crippen molar-refractivity contribution >= 4 is 27.5 Å². The molecule has 0 aromatic heterocycles. The number of anilines is 1. The third-order valence-electron chi connectivity index (χ3n) is 10.1. The van der Waals surface area contributed by atoms with Crippen LogP contribution >= 0.6 is 0 Å². The highest BCUT2D eigenvalue weighted by atomic mass is 32.2. The van der Waals surface area contributed by atoms with Gasteiger partial charge in [-0.1, -0.05) is 35.9 Å². The average Bonchev–Trinajstić information content (AvgIpc) is 3.47. The fourth-order valence-electron chi connectivity index (χ4n) is 8.97. The quantitative estimate of drug-likeness (QED) is 0.487. The van der Waals surface area contributed by atoms with Crippen molar-refractivity contribution in [2.24, 2.45) is 10.8 Å². The van der Waals surface area contributed by atoms with Crippen LogP contribution < -0.4 is 4.31 Å². The number of aryl methyl sites for hydroxylation is 1. The van der Waals surface area contributed by atoms with Crippen LogP contribution in [0.15, 0.2) is 53.4 Å². The number of aliphatic hydroxyl groups is 1. The summed E-state index contributed by atoms with van der Waals surface area (Å²) in [5.41, 5.74) is -1.52. The van der Waals surface area contributed by atoms with Gasteiger partial charge in [0.2, 0.25) is 0 Å². The van der Waals surface area contributed by atoms with Crippen molar-refractivity contribution in [3.05, 3.63) is 59.7 Å². The SMILES string of the molecule is COC(=O)[C@]12C(=O)[C@@]3(CCCN4CC[C@@]5(c6ccccc6N(S(=O)(=O)c6ccc(C)cc6)[C@@H]15)[C@@H]43)C[C@H]2O. The lowest BCUT2D eigenvalue weighted by molar-refractivity contribution is -0.173. The summed E-state index contributed by atoms with van der Waals surface area (Å²) in [5.74, 6) is -1.20. The van der Waals surface area contributed by atoms with Crippen LogP contribution in [0.4, 0.5) is 5.69 Å². The summed E-state index contributed by atoms with van der Waals surface area (Å²) < 4.78 is 35.6. The maximum atomic E-state index is 14.6. The Kier molecular flexibility index (Phi) is 4.56. The molecule has 0 amide bonds. The molecular formula is C28H30N2O6S. The Labute approximate surface area is 216 Å². The number of carbonyl (C=O) groups excluding carboxylic acids is 2. The molecule has 9 heteroatoms. The first-order valence-electron chi connectivity index (χ1n) is 12.9. The van der Waals surface area contributed by atoms with Gasteiger partial charge in [0, 0.05) is 16.9 Å². The number of sulfonamides is 1. The zero-order valence-electron chi connectivity index (χ0n) is 20.9. The number of piperidine rings is 1. The van der Waals surface area contributed by atoms with E-state index in [2.05, 4.69) is 4.90 Å². The van der Waals surface area contributed by atoms with Gasteiger partial charge >= 0.3 is 5.97 Å². The molecule has 2 aliphatic carbocycles.